The molecule has 1 aromatic heterocycles. The fourth-order valence-corrected chi connectivity index (χ4v) is 4.20. The molecule has 0 aliphatic carbocycles. The van der Waals surface area contributed by atoms with Crippen molar-refractivity contribution in [2.75, 3.05) is 31.3 Å². The molecule has 2 atom stereocenters. The number of aryl methyl sites for hydroxylation is 1. The quantitative estimate of drug-likeness (QED) is 0.586. The number of aromatic nitrogens is 3. The molecular weight excluding hydrogens is 382 g/mol. The van der Waals surface area contributed by atoms with E-state index in [-0.39, 0.29) is 12.3 Å². The van der Waals surface area contributed by atoms with Crippen molar-refractivity contribution >= 4 is 17.4 Å². The first kappa shape index (κ1) is 19.9. The molecule has 0 radical (unpaired) electrons. The van der Waals surface area contributed by atoms with Gasteiger partial charge in [-0.3, -0.25) is 5.10 Å². The van der Waals surface area contributed by atoms with Crippen molar-refractivity contribution < 1.29 is 10.1 Å². The van der Waals surface area contributed by atoms with Crippen LogP contribution in [0.2, 0.25) is 0 Å². The predicted molar refractivity (Wildman–Crippen MR) is 117 cm³/mol. The number of H-pyrrole nitrogens is 1. The molecule has 0 saturated carbocycles. The molecule has 0 spiro atoms. The summed E-state index contributed by atoms with van der Waals surface area (Å²) in [5, 5.41) is 10.4. The van der Waals surface area contributed by atoms with E-state index in [9.17, 15) is 0 Å². The number of anilines is 1. The molecule has 7 heteroatoms. The molecule has 3 N–H and O–H groups in total. The van der Waals surface area contributed by atoms with Crippen LogP contribution in [-0.2, 0) is 11.2 Å². The van der Waals surface area contributed by atoms with Crippen molar-refractivity contribution in [2.24, 2.45) is 0 Å². The van der Waals surface area contributed by atoms with Crippen LogP contribution in [0.25, 0.3) is 11.4 Å². The third-order valence-corrected chi connectivity index (χ3v) is 6.17. The minimum absolute atomic E-state index is 0.0663. The molecule has 1 aliphatic heterocycles. The number of benzene rings is 2. The first-order valence-electron chi connectivity index (χ1n) is 10.0. The van der Waals surface area contributed by atoms with Gasteiger partial charge in [0.15, 0.2) is 5.82 Å². The first-order chi connectivity index (χ1) is 14.1. The topological polar surface area (TPSA) is 70.7 Å². The van der Waals surface area contributed by atoms with Gasteiger partial charge >= 0.3 is 0 Å². The molecule has 6 nitrogen and oxygen atoms in total. The molecule has 29 heavy (non-hydrogen) atoms. The second-order valence-electron chi connectivity index (χ2n) is 7.46. The molecule has 152 valence electrons. The van der Waals surface area contributed by atoms with Gasteiger partial charge in [-0.2, -0.15) is 0 Å². The summed E-state index contributed by atoms with van der Waals surface area (Å²) < 4.78 is 6.23. The number of hydrogen-bond acceptors (Lipinski definition) is 5. The molecule has 1 saturated heterocycles. The molecule has 2 heterocycles. The van der Waals surface area contributed by atoms with Gasteiger partial charge < -0.3 is 15.0 Å². The van der Waals surface area contributed by atoms with Gasteiger partial charge in [-0.05, 0) is 36.2 Å². The van der Waals surface area contributed by atoms with E-state index in [1.54, 1.807) is 11.8 Å². The summed E-state index contributed by atoms with van der Waals surface area (Å²) in [7, 11) is 4.10. The fraction of sp³-hybridized carbons (Fsp3) is 0.364. The number of rotatable bonds is 7. The standard InChI is InChI=1S/C22H27N5OS/c1-4-15-5-7-16(8-6-15)20-24-22(26-25-20)29-14-19-13-23-21(28-19)17-9-11-18(12-10-17)27(2)3/h5-12,19,21,23H,4,13-14H2,1-3H3,(H,24,25,26)/p+1/t19-,21-/m1/s1. The zero-order chi connectivity index (χ0) is 20.2. The lowest BCUT2D eigenvalue weighted by Gasteiger charge is -2.14. The summed E-state index contributed by atoms with van der Waals surface area (Å²) in [6.45, 7) is 3.10. The molecular formula is C22H28N5OS+. The van der Waals surface area contributed by atoms with Crippen LogP contribution >= 0.6 is 11.8 Å². The average molecular weight is 411 g/mol. The third-order valence-electron chi connectivity index (χ3n) is 5.19. The van der Waals surface area contributed by atoms with Crippen LogP contribution in [-0.4, -0.2) is 47.7 Å². The van der Waals surface area contributed by atoms with Crippen molar-refractivity contribution in [3.8, 4) is 11.4 Å². The second kappa shape index (κ2) is 8.98. The Bertz CT molecular complexity index is 923. The van der Waals surface area contributed by atoms with Gasteiger partial charge in [0.2, 0.25) is 11.4 Å². The lowest BCUT2D eigenvalue weighted by molar-refractivity contribution is -0.697. The molecule has 0 amide bonds. The lowest BCUT2D eigenvalue weighted by atomic mass is 10.1. The zero-order valence-electron chi connectivity index (χ0n) is 17.1. The minimum atomic E-state index is 0.0663. The number of nitrogens with one attached hydrogen (secondary N) is 1. The number of thioether (sulfide) groups is 1. The number of aromatic amines is 1. The highest BCUT2D eigenvalue weighted by Gasteiger charge is 2.30. The molecule has 0 unspecified atom stereocenters. The van der Waals surface area contributed by atoms with Crippen LogP contribution in [0.15, 0.2) is 53.7 Å². The Morgan fingerprint density at radius 1 is 1.14 bits per heavy atom. The Kier molecular flexibility index (Phi) is 6.18. The second-order valence-corrected chi connectivity index (χ2v) is 8.45. The van der Waals surface area contributed by atoms with Crippen LogP contribution in [0.1, 0.15) is 24.3 Å². The van der Waals surface area contributed by atoms with E-state index in [1.807, 2.05) is 0 Å². The van der Waals surface area contributed by atoms with Gasteiger partial charge in [0.1, 0.15) is 12.6 Å². The van der Waals surface area contributed by atoms with Gasteiger partial charge in [0, 0.05) is 36.7 Å². The summed E-state index contributed by atoms with van der Waals surface area (Å²) in [6.07, 6.45) is 1.29. The highest BCUT2D eigenvalue weighted by molar-refractivity contribution is 7.99. The molecule has 4 rings (SSSR count). The maximum atomic E-state index is 6.23. The maximum absolute atomic E-state index is 6.23. The van der Waals surface area contributed by atoms with Crippen molar-refractivity contribution in [3.05, 3.63) is 59.7 Å². The number of quaternary nitrogens is 1. The van der Waals surface area contributed by atoms with Gasteiger partial charge in [-0.1, -0.05) is 43.0 Å². The van der Waals surface area contributed by atoms with E-state index in [4.69, 9.17) is 4.74 Å². The maximum Gasteiger partial charge on any atom is 0.217 e. The van der Waals surface area contributed by atoms with E-state index >= 15 is 0 Å². The van der Waals surface area contributed by atoms with E-state index in [1.165, 1.54) is 16.8 Å². The van der Waals surface area contributed by atoms with Crippen molar-refractivity contribution in [1.82, 2.24) is 15.2 Å². The van der Waals surface area contributed by atoms with Crippen molar-refractivity contribution in [2.45, 2.75) is 30.8 Å². The molecule has 1 fully saturated rings. The Morgan fingerprint density at radius 3 is 2.59 bits per heavy atom. The number of ether oxygens (including phenoxy) is 1. The Morgan fingerprint density at radius 2 is 1.90 bits per heavy atom. The van der Waals surface area contributed by atoms with E-state index in [2.05, 4.69) is 94.9 Å². The van der Waals surface area contributed by atoms with Crippen LogP contribution in [0.5, 0.6) is 0 Å². The molecule has 2 aromatic carbocycles. The van der Waals surface area contributed by atoms with Gasteiger partial charge in [0.25, 0.3) is 0 Å². The normalized spacial score (nSPS) is 18.9. The minimum Gasteiger partial charge on any atom is -0.378 e. The van der Waals surface area contributed by atoms with E-state index in [0.29, 0.717) is 0 Å². The number of nitrogens with zero attached hydrogens (tertiary/aromatic N) is 3. The van der Waals surface area contributed by atoms with Crippen molar-refractivity contribution in [1.29, 1.82) is 0 Å². The summed E-state index contributed by atoms with van der Waals surface area (Å²) in [4.78, 5) is 6.73. The fourth-order valence-electron chi connectivity index (χ4n) is 3.38. The monoisotopic (exact) mass is 410 g/mol. The first-order valence-corrected chi connectivity index (χ1v) is 11.0. The highest BCUT2D eigenvalue weighted by atomic mass is 32.2. The van der Waals surface area contributed by atoms with Gasteiger partial charge in [0.05, 0.1) is 0 Å². The number of nitrogens with two attached hydrogens (primary N) is 1. The van der Waals surface area contributed by atoms with Crippen LogP contribution in [0.3, 0.4) is 0 Å². The average Bonchev–Trinajstić information content (AvgIpc) is 3.42. The Labute approximate surface area is 176 Å². The third kappa shape index (κ3) is 4.80. The molecule has 1 aliphatic rings. The molecule has 0 bridgehead atoms. The summed E-state index contributed by atoms with van der Waals surface area (Å²) in [5.41, 5.74) is 4.79. The smallest absolute Gasteiger partial charge is 0.217 e. The SMILES string of the molecule is CCc1ccc(-c2nc(SC[C@H]3C[NH2+][C@@H](c4ccc(N(C)C)cc4)O3)n[nH]2)cc1. The van der Waals surface area contributed by atoms with E-state index < -0.39 is 0 Å². The van der Waals surface area contributed by atoms with Crippen LogP contribution in [0, 0.1) is 0 Å². The Hall–Kier alpha value is -2.35. The summed E-state index contributed by atoms with van der Waals surface area (Å²) >= 11 is 1.64. The number of hydrogen-bond donors (Lipinski definition) is 2. The molecule has 3 aromatic rings. The highest BCUT2D eigenvalue weighted by Crippen LogP contribution is 2.24. The lowest BCUT2D eigenvalue weighted by Crippen LogP contribution is -2.82. The van der Waals surface area contributed by atoms with Gasteiger partial charge in [-0.15, -0.1) is 5.10 Å². The predicted octanol–water partition coefficient (Wildman–Crippen LogP) is 2.85. The Balaban J connectivity index is 1.30. The van der Waals surface area contributed by atoms with Crippen LogP contribution in [0.4, 0.5) is 5.69 Å². The van der Waals surface area contributed by atoms with Gasteiger partial charge in [-0.25, -0.2) is 4.98 Å². The summed E-state index contributed by atoms with van der Waals surface area (Å²) in [5.74, 6) is 1.65. The summed E-state index contributed by atoms with van der Waals surface area (Å²) in [6, 6.07) is 17.0. The van der Waals surface area contributed by atoms with Crippen LogP contribution < -0.4 is 10.2 Å². The van der Waals surface area contributed by atoms with E-state index in [0.717, 1.165) is 35.3 Å². The largest absolute Gasteiger partial charge is 0.378 e. The zero-order valence-corrected chi connectivity index (χ0v) is 17.9. The van der Waals surface area contributed by atoms with Crippen molar-refractivity contribution in [3.63, 3.8) is 0 Å².